The molecule has 0 aliphatic heterocycles. The first-order valence-corrected chi connectivity index (χ1v) is 7.49. The highest BCUT2D eigenvalue weighted by Crippen LogP contribution is 2.38. The van der Waals surface area contributed by atoms with Gasteiger partial charge < -0.3 is 0 Å². The highest BCUT2D eigenvalue weighted by Gasteiger charge is 2.27. The molecule has 1 fully saturated rings. The van der Waals surface area contributed by atoms with Crippen LogP contribution in [-0.4, -0.2) is 20.9 Å². The van der Waals surface area contributed by atoms with Crippen LogP contribution in [0.15, 0.2) is 35.5 Å². The Labute approximate surface area is 111 Å². The molecule has 0 spiro atoms. The monoisotopic (exact) mass is 259 g/mol. The molecule has 1 saturated carbocycles. The summed E-state index contributed by atoms with van der Waals surface area (Å²) in [5.74, 6) is 2.83. The molecular weight excluding hydrogens is 242 g/mol. The summed E-state index contributed by atoms with van der Waals surface area (Å²) in [6, 6.07) is 10.6. The highest BCUT2D eigenvalue weighted by molar-refractivity contribution is 7.99. The number of hydrogen-bond donors (Lipinski definition) is 1. The zero-order valence-corrected chi connectivity index (χ0v) is 11.1. The summed E-state index contributed by atoms with van der Waals surface area (Å²) in [4.78, 5) is 4.51. The molecule has 0 amide bonds. The summed E-state index contributed by atoms with van der Waals surface area (Å²) < 4.78 is 0. The third-order valence-electron chi connectivity index (χ3n) is 3.13. The van der Waals surface area contributed by atoms with E-state index in [1.54, 1.807) is 11.8 Å². The van der Waals surface area contributed by atoms with E-state index in [2.05, 4.69) is 45.5 Å². The first-order valence-electron chi connectivity index (χ1n) is 6.51. The molecule has 1 aliphatic rings. The van der Waals surface area contributed by atoms with Gasteiger partial charge in [-0.2, -0.15) is 0 Å². The van der Waals surface area contributed by atoms with Crippen molar-refractivity contribution in [2.45, 2.75) is 36.8 Å². The second kappa shape index (κ2) is 5.57. The number of thioether (sulfide) groups is 1. The van der Waals surface area contributed by atoms with Gasteiger partial charge in [-0.25, -0.2) is 4.98 Å². The van der Waals surface area contributed by atoms with Gasteiger partial charge in [-0.1, -0.05) is 42.1 Å². The second-order valence-electron chi connectivity index (χ2n) is 4.72. The van der Waals surface area contributed by atoms with Crippen molar-refractivity contribution in [1.82, 2.24) is 15.2 Å². The summed E-state index contributed by atoms with van der Waals surface area (Å²) in [5, 5.41) is 8.20. The Morgan fingerprint density at radius 3 is 2.83 bits per heavy atom. The van der Waals surface area contributed by atoms with Gasteiger partial charge in [0.15, 0.2) is 0 Å². The molecule has 1 aromatic heterocycles. The van der Waals surface area contributed by atoms with Gasteiger partial charge in [-0.15, -0.1) is 5.10 Å². The van der Waals surface area contributed by atoms with Crippen molar-refractivity contribution < 1.29 is 0 Å². The van der Waals surface area contributed by atoms with Gasteiger partial charge in [-0.05, 0) is 31.2 Å². The van der Waals surface area contributed by atoms with Gasteiger partial charge in [0.1, 0.15) is 5.82 Å². The number of aromatic amines is 1. The maximum absolute atomic E-state index is 4.51. The lowest BCUT2D eigenvalue weighted by molar-refractivity contribution is 0.920. The number of aromatic nitrogens is 3. The number of aryl methyl sites for hydroxylation is 1. The van der Waals surface area contributed by atoms with Gasteiger partial charge in [0.25, 0.3) is 0 Å². The minimum absolute atomic E-state index is 0.663. The first kappa shape index (κ1) is 11.8. The number of nitrogens with one attached hydrogen (secondary N) is 1. The van der Waals surface area contributed by atoms with Crippen LogP contribution in [0.4, 0.5) is 0 Å². The van der Waals surface area contributed by atoms with E-state index >= 15 is 0 Å². The fraction of sp³-hybridized carbons (Fsp3) is 0.429. The Morgan fingerprint density at radius 2 is 2.06 bits per heavy atom. The van der Waals surface area contributed by atoms with E-state index in [4.69, 9.17) is 0 Å². The van der Waals surface area contributed by atoms with Crippen LogP contribution in [0.25, 0.3) is 0 Å². The van der Waals surface area contributed by atoms with E-state index < -0.39 is 0 Å². The van der Waals surface area contributed by atoms with Crippen LogP contribution in [0, 0.1) is 0 Å². The normalized spacial score (nSPS) is 14.9. The van der Waals surface area contributed by atoms with Crippen molar-refractivity contribution in [1.29, 1.82) is 0 Å². The van der Waals surface area contributed by atoms with Crippen LogP contribution in [0.5, 0.6) is 0 Å². The zero-order chi connectivity index (χ0) is 12.2. The average Bonchev–Trinajstić information content (AvgIpc) is 3.16. The molecule has 2 aromatic rings. The predicted molar refractivity (Wildman–Crippen MR) is 73.8 cm³/mol. The Balaban J connectivity index is 1.41. The molecule has 1 aromatic carbocycles. The Kier molecular flexibility index (Phi) is 3.64. The fourth-order valence-corrected chi connectivity index (χ4v) is 2.69. The van der Waals surface area contributed by atoms with E-state index in [1.165, 1.54) is 24.8 Å². The Morgan fingerprint density at radius 1 is 1.22 bits per heavy atom. The van der Waals surface area contributed by atoms with E-state index in [-0.39, 0.29) is 0 Å². The van der Waals surface area contributed by atoms with Crippen molar-refractivity contribution in [3.63, 3.8) is 0 Å². The third kappa shape index (κ3) is 3.13. The molecule has 0 atom stereocenters. The summed E-state index contributed by atoms with van der Waals surface area (Å²) >= 11 is 1.75. The summed E-state index contributed by atoms with van der Waals surface area (Å²) in [7, 11) is 0. The summed E-state index contributed by atoms with van der Waals surface area (Å²) in [6.07, 6.45) is 4.84. The number of H-pyrrole nitrogens is 1. The third-order valence-corrected chi connectivity index (χ3v) is 4.06. The maximum atomic E-state index is 4.51. The van der Waals surface area contributed by atoms with Gasteiger partial charge in [0.2, 0.25) is 5.16 Å². The molecule has 0 saturated heterocycles. The van der Waals surface area contributed by atoms with Gasteiger partial charge in [0.05, 0.1) is 0 Å². The van der Waals surface area contributed by atoms with Gasteiger partial charge >= 0.3 is 0 Å². The van der Waals surface area contributed by atoms with Crippen LogP contribution in [-0.2, 0) is 6.42 Å². The smallest absolute Gasteiger partial charge is 0.208 e. The Bertz CT molecular complexity index is 491. The van der Waals surface area contributed by atoms with Gasteiger partial charge in [-0.3, -0.25) is 5.10 Å². The lowest BCUT2D eigenvalue weighted by atomic mass is 10.1. The lowest BCUT2D eigenvalue weighted by Gasteiger charge is -1.99. The van der Waals surface area contributed by atoms with Crippen LogP contribution >= 0.6 is 11.8 Å². The summed E-state index contributed by atoms with van der Waals surface area (Å²) in [6.45, 7) is 0. The molecule has 0 unspecified atom stereocenters. The molecule has 3 nitrogen and oxygen atoms in total. The van der Waals surface area contributed by atoms with E-state index in [9.17, 15) is 0 Å². The molecule has 3 rings (SSSR count). The molecule has 18 heavy (non-hydrogen) atoms. The quantitative estimate of drug-likeness (QED) is 0.638. The maximum Gasteiger partial charge on any atom is 0.208 e. The van der Waals surface area contributed by atoms with Crippen molar-refractivity contribution >= 4 is 11.8 Å². The number of benzene rings is 1. The van der Waals surface area contributed by atoms with Crippen LogP contribution in [0.1, 0.15) is 36.6 Å². The minimum atomic E-state index is 0.663. The van der Waals surface area contributed by atoms with Gasteiger partial charge in [0, 0.05) is 11.7 Å². The second-order valence-corrected chi connectivity index (χ2v) is 5.78. The van der Waals surface area contributed by atoms with E-state index in [0.29, 0.717) is 5.92 Å². The van der Waals surface area contributed by atoms with E-state index in [1.807, 2.05) is 0 Å². The van der Waals surface area contributed by atoms with Crippen LogP contribution in [0.3, 0.4) is 0 Å². The minimum Gasteiger partial charge on any atom is -0.262 e. The Hall–Kier alpha value is -1.29. The molecule has 1 heterocycles. The highest BCUT2D eigenvalue weighted by atomic mass is 32.2. The summed E-state index contributed by atoms with van der Waals surface area (Å²) in [5.41, 5.74) is 1.41. The van der Waals surface area contributed by atoms with Crippen molar-refractivity contribution in [2.24, 2.45) is 0 Å². The molecule has 4 heteroatoms. The molecule has 1 aliphatic carbocycles. The first-order chi connectivity index (χ1) is 8.92. The molecule has 94 valence electrons. The molecule has 1 N–H and O–H groups in total. The van der Waals surface area contributed by atoms with Crippen LogP contribution in [0.2, 0.25) is 0 Å². The standard InChI is InChI=1S/C14H17N3S/c1-2-5-11(6-3-1)7-4-10-18-14-15-13(16-17-14)12-8-9-12/h1-3,5-6,12H,4,7-10H2,(H,15,16,17). The number of nitrogens with zero attached hydrogens (tertiary/aromatic N) is 2. The van der Waals surface area contributed by atoms with Crippen molar-refractivity contribution in [3.05, 3.63) is 41.7 Å². The fourth-order valence-electron chi connectivity index (χ4n) is 1.95. The van der Waals surface area contributed by atoms with E-state index in [0.717, 1.165) is 23.2 Å². The SMILES string of the molecule is c1ccc(CCCSc2n[nH]c(C3CC3)n2)cc1. The molecular formula is C14H17N3S. The molecule has 0 bridgehead atoms. The van der Waals surface area contributed by atoms with Crippen molar-refractivity contribution in [2.75, 3.05) is 5.75 Å². The van der Waals surface area contributed by atoms with Crippen LogP contribution < -0.4 is 0 Å². The molecule has 0 radical (unpaired) electrons. The predicted octanol–water partition coefficient (Wildman–Crippen LogP) is 3.41. The number of hydrogen-bond acceptors (Lipinski definition) is 3. The largest absolute Gasteiger partial charge is 0.262 e. The zero-order valence-electron chi connectivity index (χ0n) is 10.3. The topological polar surface area (TPSA) is 41.6 Å². The lowest BCUT2D eigenvalue weighted by Crippen LogP contribution is -1.88. The number of rotatable bonds is 6. The van der Waals surface area contributed by atoms with Crippen molar-refractivity contribution in [3.8, 4) is 0 Å². The average molecular weight is 259 g/mol.